The number of halogens is 3. The van der Waals surface area contributed by atoms with Crippen LogP contribution in [0, 0.1) is 0 Å². The monoisotopic (exact) mass is 274 g/mol. The highest BCUT2D eigenvalue weighted by molar-refractivity contribution is 5.27. The van der Waals surface area contributed by atoms with Crippen molar-refractivity contribution in [3.05, 3.63) is 29.8 Å². The molecule has 0 amide bonds. The number of rotatable bonds is 3. The molecule has 2 rings (SSSR count). The van der Waals surface area contributed by atoms with Crippen molar-refractivity contribution in [3.8, 4) is 5.75 Å². The number of benzene rings is 1. The molecule has 1 fully saturated rings. The summed E-state index contributed by atoms with van der Waals surface area (Å²) >= 11 is 0. The van der Waals surface area contributed by atoms with Crippen LogP contribution in [-0.2, 0) is 6.54 Å². The van der Waals surface area contributed by atoms with Gasteiger partial charge in [0.05, 0.1) is 0 Å². The topological polar surface area (TPSA) is 24.5 Å². The highest BCUT2D eigenvalue weighted by Gasteiger charge is 2.30. The van der Waals surface area contributed by atoms with Crippen molar-refractivity contribution in [1.29, 1.82) is 0 Å². The van der Waals surface area contributed by atoms with Crippen molar-refractivity contribution >= 4 is 0 Å². The lowest BCUT2D eigenvalue weighted by atomic mass is 10.2. The van der Waals surface area contributed by atoms with E-state index in [9.17, 15) is 13.2 Å². The normalized spacial score (nSPS) is 18.1. The lowest BCUT2D eigenvalue weighted by Gasteiger charge is -2.19. The first kappa shape index (κ1) is 14.1. The van der Waals surface area contributed by atoms with Gasteiger partial charge in [-0.15, -0.1) is 13.2 Å². The Morgan fingerprint density at radius 2 is 1.84 bits per heavy atom. The summed E-state index contributed by atoms with van der Waals surface area (Å²) in [4.78, 5) is 2.29. The second-order valence-electron chi connectivity index (χ2n) is 4.57. The van der Waals surface area contributed by atoms with Gasteiger partial charge in [-0.2, -0.15) is 0 Å². The Morgan fingerprint density at radius 3 is 2.53 bits per heavy atom. The summed E-state index contributed by atoms with van der Waals surface area (Å²) in [7, 11) is 0. The van der Waals surface area contributed by atoms with Gasteiger partial charge in [0.15, 0.2) is 0 Å². The van der Waals surface area contributed by atoms with Crippen LogP contribution in [0.25, 0.3) is 0 Å². The smallest absolute Gasteiger partial charge is 0.406 e. The van der Waals surface area contributed by atoms with Crippen LogP contribution in [0.2, 0.25) is 0 Å². The predicted octanol–water partition coefficient (Wildman–Crippen LogP) is 2.38. The second kappa shape index (κ2) is 6.25. The molecule has 1 aromatic rings. The molecule has 1 aromatic carbocycles. The molecular formula is C13H17F3N2O. The molecule has 6 heteroatoms. The van der Waals surface area contributed by atoms with Gasteiger partial charge in [0.2, 0.25) is 0 Å². The Labute approximate surface area is 110 Å². The van der Waals surface area contributed by atoms with E-state index < -0.39 is 6.36 Å². The van der Waals surface area contributed by atoms with Gasteiger partial charge in [-0.1, -0.05) is 12.1 Å². The summed E-state index contributed by atoms with van der Waals surface area (Å²) in [6.45, 7) is 4.70. The molecule has 0 unspecified atom stereocenters. The average Bonchev–Trinajstić information content (AvgIpc) is 2.58. The van der Waals surface area contributed by atoms with Gasteiger partial charge >= 0.3 is 6.36 Å². The Bertz CT molecular complexity index is 384. The van der Waals surface area contributed by atoms with E-state index in [1.165, 1.54) is 12.1 Å². The fraction of sp³-hybridized carbons (Fsp3) is 0.538. The minimum absolute atomic E-state index is 0.172. The molecule has 106 valence electrons. The number of ether oxygens (including phenoxy) is 1. The van der Waals surface area contributed by atoms with Gasteiger partial charge in [0, 0.05) is 19.6 Å². The van der Waals surface area contributed by atoms with Crippen LogP contribution in [0.15, 0.2) is 24.3 Å². The molecule has 1 aliphatic heterocycles. The summed E-state index contributed by atoms with van der Waals surface area (Å²) < 4.78 is 39.9. The van der Waals surface area contributed by atoms with Crippen molar-refractivity contribution in [3.63, 3.8) is 0 Å². The Kier molecular flexibility index (Phi) is 4.66. The van der Waals surface area contributed by atoms with Gasteiger partial charge in [0.25, 0.3) is 0 Å². The minimum Gasteiger partial charge on any atom is -0.406 e. The zero-order chi connectivity index (χ0) is 13.7. The Morgan fingerprint density at radius 1 is 1.11 bits per heavy atom. The lowest BCUT2D eigenvalue weighted by molar-refractivity contribution is -0.274. The molecule has 0 saturated carbocycles. The lowest BCUT2D eigenvalue weighted by Crippen LogP contribution is -2.27. The van der Waals surface area contributed by atoms with Crippen molar-refractivity contribution in [2.75, 3.05) is 26.2 Å². The van der Waals surface area contributed by atoms with Gasteiger partial charge in [-0.3, -0.25) is 4.90 Å². The molecule has 0 atom stereocenters. The highest BCUT2D eigenvalue weighted by Crippen LogP contribution is 2.23. The standard InChI is InChI=1S/C13H17F3N2O/c14-13(15,16)19-12-4-2-11(3-5-12)10-18-8-1-6-17-7-9-18/h2-5,17H,1,6-10H2. The third kappa shape index (κ3) is 5.08. The highest BCUT2D eigenvalue weighted by atomic mass is 19.4. The molecule has 0 aromatic heterocycles. The molecule has 19 heavy (non-hydrogen) atoms. The van der Waals surface area contributed by atoms with Gasteiger partial charge in [0.1, 0.15) is 5.75 Å². The van der Waals surface area contributed by atoms with Crippen molar-refractivity contribution in [1.82, 2.24) is 10.2 Å². The Balaban J connectivity index is 1.90. The molecule has 3 nitrogen and oxygen atoms in total. The zero-order valence-electron chi connectivity index (χ0n) is 10.5. The van der Waals surface area contributed by atoms with E-state index in [-0.39, 0.29) is 5.75 Å². The summed E-state index contributed by atoms with van der Waals surface area (Å²) in [5.41, 5.74) is 0.997. The molecule has 1 saturated heterocycles. The maximum Gasteiger partial charge on any atom is 0.573 e. The molecule has 1 aliphatic rings. The average molecular weight is 274 g/mol. The number of alkyl halides is 3. The van der Waals surface area contributed by atoms with Crippen molar-refractivity contribution in [2.45, 2.75) is 19.3 Å². The number of nitrogens with one attached hydrogen (secondary N) is 1. The first-order valence-electron chi connectivity index (χ1n) is 6.31. The van der Waals surface area contributed by atoms with Crippen LogP contribution in [0.4, 0.5) is 13.2 Å². The van der Waals surface area contributed by atoms with E-state index in [1.54, 1.807) is 12.1 Å². The first-order valence-corrected chi connectivity index (χ1v) is 6.31. The molecule has 1 N–H and O–H groups in total. The molecule has 1 heterocycles. The van der Waals surface area contributed by atoms with E-state index in [4.69, 9.17) is 0 Å². The number of nitrogens with zero attached hydrogens (tertiary/aromatic N) is 1. The molecule has 0 spiro atoms. The summed E-state index contributed by atoms with van der Waals surface area (Å²) in [5, 5.41) is 3.31. The summed E-state index contributed by atoms with van der Waals surface area (Å²) in [6, 6.07) is 6.08. The molecule has 0 radical (unpaired) electrons. The maximum atomic E-state index is 12.0. The molecular weight excluding hydrogens is 257 g/mol. The molecule has 0 bridgehead atoms. The Hall–Kier alpha value is -1.27. The van der Waals surface area contributed by atoms with Crippen molar-refractivity contribution < 1.29 is 17.9 Å². The summed E-state index contributed by atoms with van der Waals surface area (Å²) in [6.07, 6.45) is -3.53. The largest absolute Gasteiger partial charge is 0.573 e. The quantitative estimate of drug-likeness (QED) is 0.916. The third-order valence-electron chi connectivity index (χ3n) is 3.00. The van der Waals surface area contributed by atoms with E-state index >= 15 is 0 Å². The third-order valence-corrected chi connectivity index (χ3v) is 3.00. The van der Waals surface area contributed by atoms with Crippen LogP contribution in [0.3, 0.4) is 0 Å². The van der Waals surface area contributed by atoms with Gasteiger partial charge in [-0.25, -0.2) is 0 Å². The maximum absolute atomic E-state index is 12.0. The zero-order valence-corrected chi connectivity index (χ0v) is 10.5. The summed E-state index contributed by atoms with van der Waals surface area (Å²) in [5.74, 6) is -0.172. The van der Waals surface area contributed by atoms with Crippen molar-refractivity contribution in [2.24, 2.45) is 0 Å². The van der Waals surface area contributed by atoms with Crippen LogP contribution >= 0.6 is 0 Å². The molecule has 0 aliphatic carbocycles. The fourth-order valence-electron chi connectivity index (χ4n) is 2.11. The SMILES string of the molecule is FC(F)(F)Oc1ccc(CN2CCCNCC2)cc1. The van der Waals surface area contributed by atoms with Crippen LogP contribution in [-0.4, -0.2) is 37.4 Å². The van der Waals surface area contributed by atoms with E-state index in [2.05, 4.69) is 15.0 Å². The predicted molar refractivity (Wildman–Crippen MR) is 65.9 cm³/mol. The van der Waals surface area contributed by atoms with E-state index in [0.29, 0.717) is 0 Å². The van der Waals surface area contributed by atoms with Gasteiger partial charge in [-0.05, 0) is 37.2 Å². The minimum atomic E-state index is -4.63. The second-order valence-corrected chi connectivity index (χ2v) is 4.57. The first-order chi connectivity index (χ1) is 9.03. The number of hydrogen-bond acceptors (Lipinski definition) is 3. The van der Waals surface area contributed by atoms with Crippen LogP contribution < -0.4 is 10.1 Å². The van der Waals surface area contributed by atoms with Gasteiger partial charge < -0.3 is 10.1 Å². The van der Waals surface area contributed by atoms with E-state index in [0.717, 1.165) is 44.7 Å². The number of hydrogen-bond donors (Lipinski definition) is 1. The fourth-order valence-corrected chi connectivity index (χ4v) is 2.11. The van der Waals surface area contributed by atoms with Crippen LogP contribution in [0.1, 0.15) is 12.0 Å². The van der Waals surface area contributed by atoms with E-state index in [1.807, 2.05) is 0 Å². The van der Waals surface area contributed by atoms with Crippen LogP contribution in [0.5, 0.6) is 5.75 Å².